The molecule has 1 saturated carbocycles. The van der Waals surface area contributed by atoms with Gasteiger partial charge in [-0.25, -0.2) is 0 Å². The lowest BCUT2D eigenvalue weighted by molar-refractivity contribution is 0.0996. The molecule has 0 unspecified atom stereocenters. The van der Waals surface area contributed by atoms with Gasteiger partial charge in [0.25, 0.3) is 0 Å². The van der Waals surface area contributed by atoms with Crippen LogP contribution in [0.1, 0.15) is 39.0 Å². The van der Waals surface area contributed by atoms with E-state index in [4.69, 9.17) is 4.74 Å². The molecule has 0 atom stereocenters. The number of thioether (sulfide) groups is 1. The smallest absolute Gasteiger partial charge is 0.0476 e. The van der Waals surface area contributed by atoms with Gasteiger partial charge in [0.1, 0.15) is 0 Å². The number of ether oxygens (including phenoxy) is 1. The summed E-state index contributed by atoms with van der Waals surface area (Å²) in [6.07, 6.45) is 6.89. The molecule has 1 aliphatic carbocycles. The van der Waals surface area contributed by atoms with Crippen molar-refractivity contribution in [3.8, 4) is 0 Å². The fourth-order valence-corrected chi connectivity index (χ4v) is 3.75. The van der Waals surface area contributed by atoms with Crippen LogP contribution in [0, 0.1) is 0 Å². The summed E-state index contributed by atoms with van der Waals surface area (Å²) in [4.78, 5) is 0. The quantitative estimate of drug-likeness (QED) is 0.656. The summed E-state index contributed by atoms with van der Waals surface area (Å²) in [7, 11) is 0. The van der Waals surface area contributed by atoms with Crippen LogP contribution in [-0.2, 0) is 4.74 Å². The van der Waals surface area contributed by atoms with Crippen molar-refractivity contribution in [3.63, 3.8) is 0 Å². The van der Waals surface area contributed by atoms with E-state index in [1.807, 2.05) is 0 Å². The lowest BCUT2D eigenvalue weighted by Gasteiger charge is -2.41. The Morgan fingerprint density at radius 2 is 1.92 bits per heavy atom. The highest BCUT2D eigenvalue weighted by molar-refractivity contribution is 8.01. The van der Waals surface area contributed by atoms with Crippen molar-refractivity contribution in [1.29, 1.82) is 0 Å². The minimum atomic E-state index is 0.641. The third-order valence-electron chi connectivity index (χ3n) is 3.03. The molecule has 2 aliphatic rings. The van der Waals surface area contributed by atoms with Gasteiger partial charge in [-0.1, -0.05) is 13.3 Å². The minimum absolute atomic E-state index is 0.641. The van der Waals surface area contributed by atoms with E-state index in [0.29, 0.717) is 4.75 Å². The molecule has 0 bridgehead atoms. The standard InChI is InChI=1S/C10H18OS/c1-10(5-2-6-10)12-9-3-7-11-8-4-9/h9H,2-8H2,1H3. The van der Waals surface area contributed by atoms with Crippen LogP contribution in [0.3, 0.4) is 0 Å². The van der Waals surface area contributed by atoms with Crippen molar-refractivity contribution >= 4 is 11.8 Å². The van der Waals surface area contributed by atoms with Gasteiger partial charge in [0.2, 0.25) is 0 Å². The number of hydrogen-bond donors (Lipinski definition) is 0. The largest absolute Gasteiger partial charge is 0.381 e. The van der Waals surface area contributed by atoms with Crippen LogP contribution in [-0.4, -0.2) is 23.2 Å². The highest BCUT2D eigenvalue weighted by atomic mass is 32.2. The lowest BCUT2D eigenvalue weighted by atomic mass is 9.86. The normalized spacial score (nSPS) is 29.8. The average Bonchev–Trinajstić information content (AvgIpc) is 2.04. The van der Waals surface area contributed by atoms with E-state index in [0.717, 1.165) is 18.5 Å². The first-order valence-corrected chi connectivity index (χ1v) is 5.92. The van der Waals surface area contributed by atoms with Gasteiger partial charge in [0, 0.05) is 23.2 Å². The van der Waals surface area contributed by atoms with Crippen molar-refractivity contribution in [2.24, 2.45) is 0 Å². The zero-order chi connectivity index (χ0) is 8.44. The van der Waals surface area contributed by atoms with Crippen molar-refractivity contribution in [2.45, 2.75) is 49.0 Å². The van der Waals surface area contributed by atoms with Crippen LogP contribution in [0.25, 0.3) is 0 Å². The van der Waals surface area contributed by atoms with Crippen molar-refractivity contribution in [1.82, 2.24) is 0 Å². The average molecular weight is 186 g/mol. The zero-order valence-electron chi connectivity index (χ0n) is 7.84. The Morgan fingerprint density at radius 1 is 1.25 bits per heavy atom. The van der Waals surface area contributed by atoms with Crippen LogP contribution in [0.5, 0.6) is 0 Å². The maximum Gasteiger partial charge on any atom is 0.0476 e. The summed E-state index contributed by atoms with van der Waals surface area (Å²) in [5, 5.41) is 0.893. The molecular formula is C10H18OS. The highest BCUT2D eigenvalue weighted by Crippen LogP contribution is 2.47. The van der Waals surface area contributed by atoms with Gasteiger partial charge in [0.05, 0.1) is 0 Å². The highest BCUT2D eigenvalue weighted by Gasteiger charge is 2.35. The van der Waals surface area contributed by atoms with E-state index < -0.39 is 0 Å². The van der Waals surface area contributed by atoms with Crippen LogP contribution in [0.2, 0.25) is 0 Å². The fourth-order valence-electron chi connectivity index (χ4n) is 1.99. The van der Waals surface area contributed by atoms with Crippen LogP contribution < -0.4 is 0 Å². The minimum Gasteiger partial charge on any atom is -0.381 e. The molecule has 0 aromatic carbocycles. The van der Waals surface area contributed by atoms with E-state index in [9.17, 15) is 0 Å². The summed E-state index contributed by atoms with van der Waals surface area (Å²) >= 11 is 2.23. The van der Waals surface area contributed by atoms with Gasteiger partial charge in [-0.3, -0.25) is 0 Å². The number of hydrogen-bond acceptors (Lipinski definition) is 2. The second kappa shape index (κ2) is 3.59. The molecule has 12 heavy (non-hydrogen) atoms. The zero-order valence-corrected chi connectivity index (χ0v) is 8.66. The van der Waals surface area contributed by atoms with Gasteiger partial charge in [-0.2, -0.15) is 11.8 Å². The summed E-state index contributed by atoms with van der Waals surface area (Å²) in [6, 6.07) is 0. The van der Waals surface area contributed by atoms with Crippen molar-refractivity contribution in [2.75, 3.05) is 13.2 Å². The Kier molecular flexibility index (Phi) is 2.66. The maximum absolute atomic E-state index is 5.35. The van der Waals surface area contributed by atoms with E-state index in [2.05, 4.69) is 18.7 Å². The second-order valence-electron chi connectivity index (χ2n) is 4.23. The van der Waals surface area contributed by atoms with E-state index in [1.165, 1.54) is 32.1 Å². The van der Waals surface area contributed by atoms with E-state index >= 15 is 0 Å². The Hall–Kier alpha value is 0.310. The first-order chi connectivity index (χ1) is 5.79. The SMILES string of the molecule is CC1(SC2CCOCC2)CCC1. The van der Waals surface area contributed by atoms with E-state index in [1.54, 1.807) is 0 Å². The molecule has 1 aliphatic heterocycles. The van der Waals surface area contributed by atoms with Gasteiger partial charge >= 0.3 is 0 Å². The van der Waals surface area contributed by atoms with E-state index in [-0.39, 0.29) is 0 Å². The molecule has 0 spiro atoms. The van der Waals surface area contributed by atoms with Crippen molar-refractivity contribution < 1.29 is 4.74 Å². The summed E-state index contributed by atoms with van der Waals surface area (Å²) in [6.45, 7) is 4.41. The molecule has 2 rings (SSSR count). The Bertz CT molecular complexity index is 148. The molecule has 70 valence electrons. The lowest BCUT2D eigenvalue weighted by Crippen LogP contribution is -2.33. The molecule has 1 saturated heterocycles. The third kappa shape index (κ3) is 1.97. The molecule has 0 radical (unpaired) electrons. The summed E-state index contributed by atoms with van der Waals surface area (Å²) in [5.74, 6) is 0. The molecule has 1 heterocycles. The number of rotatable bonds is 2. The van der Waals surface area contributed by atoms with Crippen molar-refractivity contribution in [3.05, 3.63) is 0 Å². The topological polar surface area (TPSA) is 9.23 Å². The van der Waals surface area contributed by atoms with Gasteiger partial charge in [-0.05, 0) is 25.7 Å². The van der Waals surface area contributed by atoms with Crippen LogP contribution in [0.15, 0.2) is 0 Å². The molecular weight excluding hydrogens is 168 g/mol. The predicted molar refractivity (Wildman–Crippen MR) is 53.7 cm³/mol. The molecule has 2 heteroatoms. The Morgan fingerprint density at radius 3 is 2.42 bits per heavy atom. The molecule has 0 aromatic rings. The maximum atomic E-state index is 5.35. The molecule has 1 nitrogen and oxygen atoms in total. The third-order valence-corrected chi connectivity index (χ3v) is 4.81. The monoisotopic (exact) mass is 186 g/mol. The van der Waals surface area contributed by atoms with Crippen LogP contribution in [0.4, 0.5) is 0 Å². The summed E-state index contributed by atoms with van der Waals surface area (Å²) in [5.41, 5.74) is 0. The molecule has 2 fully saturated rings. The van der Waals surface area contributed by atoms with Gasteiger partial charge in [0.15, 0.2) is 0 Å². The molecule has 0 aromatic heterocycles. The Labute approximate surface area is 79.2 Å². The fraction of sp³-hybridized carbons (Fsp3) is 1.00. The van der Waals surface area contributed by atoms with Gasteiger partial charge < -0.3 is 4.74 Å². The second-order valence-corrected chi connectivity index (χ2v) is 6.12. The first kappa shape index (κ1) is 8.89. The Balaban J connectivity index is 1.77. The molecule has 0 amide bonds. The predicted octanol–water partition coefficient (Wildman–Crippen LogP) is 2.84. The summed E-state index contributed by atoms with van der Waals surface area (Å²) < 4.78 is 5.99. The first-order valence-electron chi connectivity index (χ1n) is 5.04. The van der Waals surface area contributed by atoms with Gasteiger partial charge in [-0.15, -0.1) is 0 Å². The van der Waals surface area contributed by atoms with Crippen LogP contribution >= 0.6 is 11.8 Å². The molecule has 0 N–H and O–H groups in total.